The number of benzene rings is 3. The van der Waals surface area contributed by atoms with Gasteiger partial charge in [-0.1, -0.05) is 66.2 Å². The topological polar surface area (TPSA) is 42.3 Å². The van der Waals surface area contributed by atoms with Crippen molar-refractivity contribution in [3.05, 3.63) is 108 Å². The van der Waals surface area contributed by atoms with E-state index in [1.165, 1.54) is 4.31 Å². The Kier molecular flexibility index (Phi) is 5.23. The fourth-order valence-corrected chi connectivity index (χ4v) is 4.49. The first kappa shape index (κ1) is 19.0. The Labute approximate surface area is 171 Å². The van der Waals surface area contributed by atoms with Gasteiger partial charge in [0.05, 0.1) is 17.0 Å². The fraction of sp³-hybridized carbons (Fsp3) is 0.0833. The van der Waals surface area contributed by atoms with Crippen molar-refractivity contribution in [3.8, 4) is 0 Å². The van der Waals surface area contributed by atoms with E-state index >= 15 is 0 Å². The van der Waals surface area contributed by atoms with E-state index in [1.807, 2.05) is 90.5 Å². The number of fused-ring (bicyclic) bond motifs is 1. The number of nitrogens with zero attached hydrogens (tertiary/aromatic N) is 2. The Morgan fingerprint density at radius 3 is 2.31 bits per heavy atom. The van der Waals surface area contributed by atoms with Crippen LogP contribution in [0.1, 0.15) is 11.1 Å². The molecule has 0 atom stereocenters. The van der Waals surface area contributed by atoms with Gasteiger partial charge in [-0.25, -0.2) is 8.42 Å². The Morgan fingerprint density at radius 1 is 0.862 bits per heavy atom. The molecular weight excluding hydrogens is 380 g/mol. The van der Waals surface area contributed by atoms with Crippen LogP contribution < -0.4 is 0 Å². The number of hydrogen-bond donors (Lipinski definition) is 0. The molecule has 3 aromatic carbocycles. The Balaban J connectivity index is 1.72. The first-order chi connectivity index (χ1) is 14.0. The van der Waals surface area contributed by atoms with Crippen LogP contribution in [0.15, 0.2) is 102 Å². The molecule has 4 aromatic rings. The zero-order chi connectivity index (χ0) is 20.3. The second-order valence-corrected chi connectivity index (χ2v) is 8.82. The molecule has 1 heterocycles. The Bertz CT molecular complexity index is 1240. The van der Waals surface area contributed by atoms with Crippen LogP contribution in [0.5, 0.6) is 0 Å². The summed E-state index contributed by atoms with van der Waals surface area (Å²) < 4.78 is 30.0. The van der Waals surface area contributed by atoms with Crippen molar-refractivity contribution < 1.29 is 8.42 Å². The van der Waals surface area contributed by atoms with Crippen molar-refractivity contribution in [2.45, 2.75) is 18.4 Å². The number of sulfonamides is 1. The van der Waals surface area contributed by atoms with Crippen LogP contribution in [0.3, 0.4) is 0 Å². The predicted octanol–water partition coefficient (Wildman–Crippen LogP) is 5.27. The molecular formula is C24H22N2O2S. The molecule has 0 radical (unpaired) electrons. The van der Waals surface area contributed by atoms with E-state index in [-0.39, 0.29) is 11.4 Å². The first-order valence-electron chi connectivity index (χ1n) is 9.40. The van der Waals surface area contributed by atoms with Gasteiger partial charge in [-0.15, -0.1) is 0 Å². The van der Waals surface area contributed by atoms with Crippen molar-refractivity contribution in [1.29, 1.82) is 0 Å². The summed E-state index contributed by atoms with van der Waals surface area (Å²) in [6, 6.07) is 26.5. The van der Waals surface area contributed by atoms with Gasteiger partial charge in [-0.05, 0) is 42.1 Å². The maximum atomic E-state index is 13.3. The molecule has 4 nitrogen and oxygen atoms in total. The SMILES string of the molecule is Cc1ccc(S(=O)(=O)N(/C=C/n2ccc3ccccc32)Cc2ccccc2)cc1. The molecule has 0 bridgehead atoms. The van der Waals surface area contributed by atoms with Crippen LogP contribution in [0, 0.1) is 6.92 Å². The molecule has 0 saturated carbocycles. The van der Waals surface area contributed by atoms with E-state index in [4.69, 9.17) is 0 Å². The van der Waals surface area contributed by atoms with E-state index in [0.29, 0.717) is 0 Å². The average molecular weight is 403 g/mol. The molecule has 0 N–H and O–H groups in total. The Hall–Kier alpha value is -3.31. The lowest BCUT2D eigenvalue weighted by molar-refractivity contribution is 0.496. The van der Waals surface area contributed by atoms with Gasteiger partial charge in [0.15, 0.2) is 0 Å². The predicted molar refractivity (Wildman–Crippen MR) is 118 cm³/mol. The summed E-state index contributed by atoms with van der Waals surface area (Å²) in [6.07, 6.45) is 5.35. The van der Waals surface area contributed by atoms with E-state index in [2.05, 4.69) is 0 Å². The third-order valence-electron chi connectivity index (χ3n) is 4.83. The van der Waals surface area contributed by atoms with Gasteiger partial charge in [0, 0.05) is 18.6 Å². The number of aromatic nitrogens is 1. The first-order valence-corrected chi connectivity index (χ1v) is 10.8. The molecule has 0 aliphatic carbocycles. The maximum absolute atomic E-state index is 13.3. The van der Waals surface area contributed by atoms with Gasteiger partial charge in [-0.3, -0.25) is 4.31 Å². The maximum Gasteiger partial charge on any atom is 0.264 e. The largest absolute Gasteiger partial charge is 0.322 e. The third kappa shape index (κ3) is 4.10. The molecule has 5 heteroatoms. The lowest BCUT2D eigenvalue weighted by Gasteiger charge is -2.21. The minimum absolute atomic E-state index is 0.257. The highest BCUT2D eigenvalue weighted by Gasteiger charge is 2.21. The van der Waals surface area contributed by atoms with Crippen LogP contribution in [0.4, 0.5) is 0 Å². The van der Waals surface area contributed by atoms with Gasteiger partial charge in [-0.2, -0.15) is 0 Å². The van der Waals surface area contributed by atoms with Crippen molar-refractivity contribution in [2.24, 2.45) is 0 Å². The van der Waals surface area contributed by atoms with Gasteiger partial charge in [0.25, 0.3) is 10.0 Å². The summed E-state index contributed by atoms with van der Waals surface area (Å²) in [7, 11) is -3.69. The smallest absolute Gasteiger partial charge is 0.264 e. The molecule has 0 saturated heterocycles. The molecule has 0 fully saturated rings. The summed E-state index contributed by atoms with van der Waals surface area (Å²) in [5.74, 6) is 0. The highest BCUT2D eigenvalue weighted by molar-refractivity contribution is 7.89. The summed E-state index contributed by atoms with van der Waals surface area (Å²) in [4.78, 5) is 0.279. The highest BCUT2D eigenvalue weighted by Crippen LogP contribution is 2.21. The number of para-hydroxylation sites is 1. The van der Waals surface area contributed by atoms with E-state index < -0.39 is 10.0 Å². The summed E-state index contributed by atoms with van der Waals surface area (Å²) in [5, 5.41) is 1.10. The zero-order valence-corrected chi connectivity index (χ0v) is 17.0. The second kappa shape index (κ2) is 7.97. The molecule has 29 heavy (non-hydrogen) atoms. The lowest BCUT2D eigenvalue weighted by atomic mass is 10.2. The number of hydrogen-bond acceptors (Lipinski definition) is 2. The quantitative estimate of drug-likeness (QED) is 0.441. The van der Waals surface area contributed by atoms with Crippen LogP contribution in [-0.4, -0.2) is 17.3 Å². The van der Waals surface area contributed by atoms with Crippen molar-refractivity contribution in [1.82, 2.24) is 8.87 Å². The van der Waals surface area contributed by atoms with Crippen LogP contribution in [0.25, 0.3) is 17.1 Å². The molecule has 0 unspecified atom stereocenters. The minimum atomic E-state index is -3.69. The average Bonchev–Trinajstić information content (AvgIpc) is 3.15. The molecule has 0 spiro atoms. The summed E-state index contributed by atoms with van der Waals surface area (Å²) in [6.45, 7) is 2.20. The zero-order valence-electron chi connectivity index (χ0n) is 16.1. The molecule has 146 valence electrons. The normalized spacial score (nSPS) is 11.9. The van der Waals surface area contributed by atoms with E-state index in [9.17, 15) is 8.42 Å². The van der Waals surface area contributed by atoms with Gasteiger partial charge < -0.3 is 4.57 Å². The number of aryl methyl sites for hydroxylation is 1. The standard InChI is InChI=1S/C24H22N2O2S/c1-20-11-13-23(14-12-20)29(27,28)26(19-21-7-3-2-4-8-21)18-17-25-16-15-22-9-5-6-10-24(22)25/h2-18H,19H2,1H3/b18-17+. The van der Waals surface area contributed by atoms with Crippen LogP contribution in [0.2, 0.25) is 0 Å². The Morgan fingerprint density at radius 2 is 1.55 bits per heavy atom. The van der Waals surface area contributed by atoms with Crippen molar-refractivity contribution in [2.75, 3.05) is 0 Å². The molecule has 1 aromatic heterocycles. The lowest BCUT2D eigenvalue weighted by Crippen LogP contribution is -2.25. The van der Waals surface area contributed by atoms with Crippen LogP contribution >= 0.6 is 0 Å². The second-order valence-electron chi connectivity index (χ2n) is 6.93. The van der Waals surface area contributed by atoms with Crippen molar-refractivity contribution >= 4 is 27.1 Å². The molecule has 0 aliphatic heterocycles. The minimum Gasteiger partial charge on any atom is -0.322 e. The van der Waals surface area contributed by atoms with Gasteiger partial charge in [0.2, 0.25) is 0 Å². The van der Waals surface area contributed by atoms with Gasteiger partial charge >= 0.3 is 0 Å². The monoisotopic (exact) mass is 402 g/mol. The molecule has 0 amide bonds. The van der Waals surface area contributed by atoms with E-state index in [1.54, 1.807) is 24.5 Å². The molecule has 4 rings (SSSR count). The summed E-state index contributed by atoms with van der Waals surface area (Å²) >= 11 is 0. The fourth-order valence-electron chi connectivity index (χ4n) is 3.21. The summed E-state index contributed by atoms with van der Waals surface area (Å²) in [5.41, 5.74) is 2.97. The van der Waals surface area contributed by atoms with Crippen LogP contribution in [-0.2, 0) is 16.6 Å². The number of rotatable bonds is 6. The highest BCUT2D eigenvalue weighted by atomic mass is 32.2. The van der Waals surface area contributed by atoms with Gasteiger partial charge in [0.1, 0.15) is 0 Å². The van der Waals surface area contributed by atoms with Crippen molar-refractivity contribution in [3.63, 3.8) is 0 Å². The molecule has 0 aliphatic rings. The van der Waals surface area contributed by atoms with E-state index in [0.717, 1.165) is 22.0 Å². The third-order valence-corrected chi connectivity index (χ3v) is 6.57.